The molecule has 3 rings (SSSR count). The van der Waals surface area contributed by atoms with Crippen molar-refractivity contribution >= 4 is 33.3 Å². The Kier molecular flexibility index (Phi) is 4.99. The van der Waals surface area contributed by atoms with Gasteiger partial charge < -0.3 is 5.73 Å². The van der Waals surface area contributed by atoms with Gasteiger partial charge >= 0.3 is 0 Å². The minimum Gasteiger partial charge on any atom is -0.384 e. The first-order valence-electron chi connectivity index (χ1n) is 7.72. The van der Waals surface area contributed by atoms with Gasteiger partial charge in [0.25, 0.3) is 10.0 Å². The SMILES string of the molecule is Cc1ccc(C#N)cc1-c1nc(NS(=O)(=O)c2ccnc(N)c2)ccc1Cl. The number of pyridine rings is 2. The van der Waals surface area contributed by atoms with Gasteiger partial charge in [0.2, 0.25) is 0 Å². The normalized spacial score (nSPS) is 11.0. The number of rotatable bonds is 4. The Hall–Kier alpha value is -3.15. The summed E-state index contributed by atoms with van der Waals surface area (Å²) >= 11 is 6.26. The molecule has 0 aliphatic carbocycles. The van der Waals surface area contributed by atoms with E-state index in [1.165, 1.54) is 24.4 Å². The summed E-state index contributed by atoms with van der Waals surface area (Å²) in [6.45, 7) is 1.85. The summed E-state index contributed by atoms with van der Waals surface area (Å²) in [6.07, 6.45) is 1.31. The van der Waals surface area contributed by atoms with Gasteiger partial charge in [-0.25, -0.2) is 18.4 Å². The molecule has 0 bridgehead atoms. The van der Waals surface area contributed by atoms with E-state index in [0.29, 0.717) is 21.8 Å². The number of hydrogen-bond acceptors (Lipinski definition) is 6. The monoisotopic (exact) mass is 399 g/mol. The number of nitrogens with two attached hydrogens (primary N) is 1. The van der Waals surface area contributed by atoms with Crippen molar-refractivity contribution < 1.29 is 8.42 Å². The summed E-state index contributed by atoms with van der Waals surface area (Å²) in [4.78, 5) is 8.08. The largest absolute Gasteiger partial charge is 0.384 e. The van der Waals surface area contributed by atoms with Gasteiger partial charge in [-0.2, -0.15) is 5.26 Å². The van der Waals surface area contributed by atoms with Crippen molar-refractivity contribution in [1.82, 2.24) is 9.97 Å². The summed E-state index contributed by atoms with van der Waals surface area (Å²) in [6, 6.07) is 12.8. The summed E-state index contributed by atoms with van der Waals surface area (Å²) in [5.41, 5.74) is 7.87. The van der Waals surface area contributed by atoms with Crippen LogP contribution in [0.25, 0.3) is 11.3 Å². The summed E-state index contributed by atoms with van der Waals surface area (Å²) in [7, 11) is -3.90. The van der Waals surface area contributed by atoms with E-state index in [9.17, 15) is 8.42 Å². The molecule has 3 aromatic rings. The first-order chi connectivity index (χ1) is 12.8. The molecule has 0 saturated heterocycles. The van der Waals surface area contributed by atoms with Crippen LogP contribution >= 0.6 is 11.6 Å². The van der Waals surface area contributed by atoms with Crippen molar-refractivity contribution in [3.05, 3.63) is 64.8 Å². The van der Waals surface area contributed by atoms with E-state index in [1.807, 2.05) is 6.92 Å². The van der Waals surface area contributed by atoms with Crippen LogP contribution in [0.4, 0.5) is 11.6 Å². The number of nitrogens with zero attached hydrogens (tertiary/aromatic N) is 3. The molecule has 0 radical (unpaired) electrons. The van der Waals surface area contributed by atoms with Crippen LogP contribution in [0.5, 0.6) is 0 Å². The van der Waals surface area contributed by atoms with E-state index in [2.05, 4.69) is 20.8 Å². The first kappa shape index (κ1) is 18.6. The fraction of sp³-hybridized carbons (Fsp3) is 0.0556. The Balaban J connectivity index is 2.03. The smallest absolute Gasteiger partial charge is 0.263 e. The Labute approximate surface area is 161 Å². The van der Waals surface area contributed by atoms with Gasteiger partial charge in [0.15, 0.2) is 0 Å². The lowest BCUT2D eigenvalue weighted by atomic mass is 10.0. The predicted molar refractivity (Wildman–Crippen MR) is 104 cm³/mol. The number of benzene rings is 1. The number of sulfonamides is 1. The molecule has 0 aliphatic rings. The highest BCUT2D eigenvalue weighted by Gasteiger charge is 2.17. The molecule has 3 N–H and O–H groups in total. The molecule has 9 heteroatoms. The second kappa shape index (κ2) is 7.23. The predicted octanol–water partition coefficient (Wildman–Crippen LogP) is 3.36. The zero-order valence-corrected chi connectivity index (χ0v) is 15.7. The Morgan fingerprint density at radius 3 is 2.67 bits per heavy atom. The second-order valence-corrected chi connectivity index (χ2v) is 7.78. The number of nitrogens with one attached hydrogen (secondary N) is 1. The van der Waals surface area contributed by atoms with E-state index in [-0.39, 0.29) is 16.5 Å². The Bertz CT molecular complexity index is 1170. The highest BCUT2D eigenvalue weighted by Crippen LogP contribution is 2.31. The van der Waals surface area contributed by atoms with E-state index >= 15 is 0 Å². The molecule has 0 atom stereocenters. The van der Waals surface area contributed by atoms with Crippen LogP contribution in [0, 0.1) is 18.3 Å². The third-order valence-corrected chi connectivity index (χ3v) is 5.43. The number of aromatic nitrogens is 2. The summed E-state index contributed by atoms with van der Waals surface area (Å²) in [5.74, 6) is 0.179. The van der Waals surface area contributed by atoms with Gasteiger partial charge in [-0.15, -0.1) is 0 Å². The summed E-state index contributed by atoms with van der Waals surface area (Å²) < 4.78 is 27.5. The molecule has 0 aliphatic heterocycles. The standard InChI is InChI=1S/C18H14ClN5O2S/c1-11-2-3-12(10-20)8-14(11)18-15(19)4-5-17(23-18)24-27(25,26)13-6-7-22-16(21)9-13/h2-9H,1H3,(H2,21,22)(H,23,24). The molecule has 0 fully saturated rings. The molecule has 1 aromatic carbocycles. The first-order valence-corrected chi connectivity index (χ1v) is 9.58. The molecular weight excluding hydrogens is 386 g/mol. The Morgan fingerprint density at radius 1 is 1.19 bits per heavy atom. The van der Waals surface area contributed by atoms with Gasteiger partial charge in [0.05, 0.1) is 27.2 Å². The zero-order valence-electron chi connectivity index (χ0n) is 14.1. The molecular formula is C18H14ClN5O2S. The molecule has 0 amide bonds. The van der Waals surface area contributed by atoms with Crippen LogP contribution in [-0.4, -0.2) is 18.4 Å². The third kappa shape index (κ3) is 4.00. The van der Waals surface area contributed by atoms with Gasteiger partial charge in [-0.3, -0.25) is 4.72 Å². The average Bonchev–Trinajstić information content (AvgIpc) is 2.64. The number of nitriles is 1. The quantitative estimate of drug-likeness (QED) is 0.693. The minimum absolute atomic E-state index is 0.0315. The lowest BCUT2D eigenvalue weighted by Crippen LogP contribution is -2.14. The van der Waals surface area contributed by atoms with Gasteiger partial charge in [0.1, 0.15) is 11.6 Å². The van der Waals surface area contributed by atoms with Gasteiger partial charge in [-0.05, 0) is 42.8 Å². The van der Waals surface area contributed by atoms with Crippen molar-refractivity contribution in [1.29, 1.82) is 5.26 Å². The van der Waals surface area contributed by atoms with Crippen LogP contribution in [0.3, 0.4) is 0 Å². The van der Waals surface area contributed by atoms with Crippen molar-refractivity contribution in [2.75, 3.05) is 10.5 Å². The van der Waals surface area contributed by atoms with Gasteiger partial charge in [-0.1, -0.05) is 17.7 Å². The average molecular weight is 400 g/mol. The number of hydrogen-bond donors (Lipinski definition) is 2. The molecule has 136 valence electrons. The molecule has 0 unspecified atom stereocenters. The maximum absolute atomic E-state index is 12.5. The molecule has 27 heavy (non-hydrogen) atoms. The maximum Gasteiger partial charge on any atom is 0.263 e. The molecule has 2 heterocycles. The highest BCUT2D eigenvalue weighted by molar-refractivity contribution is 7.92. The van der Waals surface area contributed by atoms with Crippen molar-refractivity contribution in [2.24, 2.45) is 0 Å². The number of nitrogen functional groups attached to an aromatic ring is 1. The van der Waals surface area contributed by atoms with Crippen molar-refractivity contribution in [3.63, 3.8) is 0 Å². The third-order valence-electron chi connectivity index (χ3n) is 3.77. The van der Waals surface area contributed by atoms with Gasteiger partial charge in [0, 0.05) is 17.8 Å². The number of halogens is 1. The van der Waals surface area contributed by atoms with E-state index in [4.69, 9.17) is 22.6 Å². The van der Waals surface area contributed by atoms with Crippen molar-refractivity contribution in [3.8, 4) is 17.3 Å². The lowest BCUT2D eigenvalue weighted by Gasteiger charge is -2.12. The van der Waals surface area contributed by atoms with Crippen LogP contribution in [0.15, 0.2) is 53.6 Å². The van der Waals surface area contributed by atoms with Crippen LogP contribution in [0.1, 0.15) is 11.1 Å². The second-order valence-electron chi connectivity index (χ2n) is 5.69. The van der Waals surface area contributed by atoms with Crippen LogP contribution in [0.2, 0.25) is 5.02 Å². The zero-order chi connectivity index (χ0) is 19.6. The fourth-order valence-electron chi connectivity index (χ4n) is 2.43. The minimum atomic E-state index is -3.90. The van der Waals surface area contributed by atoms with Crippen LogP contribution in [-0.2, 0) is 10.0 Å². The fourth-order valence-corrected chi connectivity index (χ4v) is 3.66. The number of anilines is 2. The summed E-state index contributed by atoms with van der Waals surface area (Å²) in [5, 5.41) is 9.45. The Morgan fingerprint density at radius 2 is 1.96 bits per heavy atom. The van der Waals surface area contributed by atoms with Crippen LogP contribution < -0.4 is 10.5 Å². The number of aryl methyl sites for hydroxylation is 1. The van der Waals surface area contributed by atoms with Crippen molar-refractivity contribution in [2.45, 2.75) is 11.8 Å². The highest BCUT2D eigenvalue weighted by atomic mass is 35.5. The maximum atomic E-state index is 12.5. The topological polar surface area (TPSA) is 122 Å². The molecule has 0 spiro atoms. The lowest BCUT2D eigenvalue weighted by molar-refractivity contribution is 0.601. The molecule has 0 saturated carbocycles. The molecule has 2 aromatic heterocycles. The van der Waals surface area contributed by atoms with E-state index in [0.717, 1.165) is 5.56 Å². The van der Waals surface area contributed by atoms with E-state index < -0.39 is 10.0 Å². The van der Waals surface area contributed by atoms with E-state index in [1.54, 1.807) is 24.3 Å². The molecule has 7 nitrogen and oxygen atoms in total.